The van der Waals surface area contributed by atoms with E-state index < -0.39 is 0 Å². The first-order chi connectivity index (χ1) is 11.4. The molecule has 0 amide bonds. The molecular weight excluding hydrogens is 302 g/mol. The Balaban J connectivity index is 1.43. The van der Waals surface area contributed by atoms with Gasteiger partial charge >= 0.3 is 0 Å². The lowest BCUT2D eigenvalue weighted by Gasteiger charge is -1.99. The first-order valence-corrected chi connectivity index (χ1v) is 8.66. The van der Waals surface area contributed by atoms with Gasteiger partial charge in [0, 0.05) is 10.9 Å². The van der Waals surface area contributed by atoms with Crippen molar-refractivity contribution >= 4 is 22.7 Å². The second-order valence-corrected chi connectivity index (χ2v) is 6.58. The zero-order chi connectivity index (χ0) is 15.5. The van der Waals surface area contributed by atoms with E-state index in [0.29, 0.717) is 0 Å². The third kappa shape index (κ3) is 3.48. The molecule has 3 aromatic rings. The van der Waals surface area contributed by atoms with Crippen LogP contribution in [0.1, 0.15) is 29.9 Å². The summed E-state index contributed by atoms with van der Waals surface area (Å²) in [5.41, 5.74) is 7.68. The molecule has 23 heavy (non-hydrogen) atoms. The summed E-state index contributed by atoms with van der Waals surface area (Å²) < 4.78 is 0. The molecule has 1 aliphatic rings. The lowest BCUT2D eigenvalue weighted by molar-refractivity contribution is 1.13. The normalized spacial score (nSPS) is 14.3. The largest absolute Gasteiger partial charge is 0.253 e. The quantitative estimate of drug-likeness (QED) is 0.522. The minimum Gasteiger partial charge on any atom is -0.253 e. The van der Waals surface area contributed by atoms with Crippen molar-refractivity contribution in [3.05, 3.63) is 71.1 Å². The van der Waals surface area contributed by atoms with Crippen molar-refractivity contribution in [2.75, 3.05) is 5.43 Å². The summed E-state index contributed by atoms with van der Waals surface area (Å²) in [6.45, 7) is 0. The van der Waals surface area contributed by atoms with Gasteiger partial charge < -0.3 is 0 Å². The highest BCUT2D eigenvalue weighted by Crippen LogP contribution is 2.40. The smallest absolute Gasteiger partial charge is 0.203 e. The van der Waals surface area contributed by atoms with Crippen molar-refractivity contribution in [1.82, 2.24) is 4.98 Å². The number of hydrogen-bond acceptors (Lipinski definition) is 4. The van der Waals surface area contributed by atoms with Crippen LogP contribution in [-0.4, -0.2) is 11.2 Å². The summed E-state index contributed by atoms with van der Waals surface area (Å²) >= 11 is 1.56. The van der Waals surface area contributed by atoms with Crippen LogP contribution in [0.25, 0.3) is 11.3 Å². The first kappa shape index (κ1) is 14.2. The maximum absolute atomic E-state index is 4.56. The van der Waals surface area contributed by atoms with Crippen LogP contribution in [0, 0.1) is 0 Å². The second-order valence-electron chi connectivity index (χ2n) is 5.72. The SMILES string of the molecule is C(=NNc1nc(-c2ccccc2)cs1)c1cccc(C2CC2)c1. The summed E-state index contributed by atoms with van der Waals surface area (Å²) in [6.07, 6.45) is 4.50. The molecule has 114 valence electrons. The molecule has 1 saturated carbocycles. The van der Waals surface area contributed by atoms with Gasteiger partial charge in [-0.15, -0.1) is 11.3 Å². The van der Waals surface area contributed by atoms with Crippen molar-refractivity contribution < 1.29 is 0 Å². The molecule has 0 saturated heterocycles. The van der Waals surface area contributed by atoms with E-state index in [1.165, 1.54) is 18.4 Å². The fourth-order valence-corrected chi connectivity index (χ4v) is 3.21. The minimum absolute atomic E-state index is 0.767. The van der Waals surface area contributed by atoms with Gasteiger partial charge in [0.05, 0.1) is 11.9 Å². The molecule has 1 aliphatic carbocycles. The van der Waals surface area contributed by atoms with Crippen LogP contribution in [0.5, 0.6) is 0 Å². The molecule has 4 heteroatoms. The number of hydrogen-bond donors (Lipinski definition) is 1. The zero-order valence-electron chi connectivity index (χ0n) is 12.6. The lowest BCUT2D eigenvalue weighted by Crippen LogP contribution is -1.91. The van der Waals surface area contributed by atoms with E-state index in [9.17, 15) is 0 Å². The van der Waals surface area contributed by atoms with E-state index in [0.717, 1.165) is 27.9 Å². The molecule has 0 radical (unpaired) electrons. The number of aromatic nitrogens is 1. The molecule has 1 N–H and O–H groups in total. The predicted octanol–water partition coefficient (Wildman–Crippen LogP) is 5.13. The van der Waals surface area contributed by atoms with Crippen LogP contribution in [0.4, 0.5) is 5.13 Å². The lowest BCUT2D eigenvalue weighted by atomic mass is 10.1. The third-order valence-corrected chi connectivity index (χ3v) is 4.65. The van der Waals surface area contributed by atoms with Gasteiger partial charge in [0.25, 0.3) is 0 Å². The highest BCUT2D eigenvalue weighted by atomic mass is 32.1. The number of nitrogens with zero attached hydrogens (tertiary/aromatic N) is 2. The Bertz CT molecular complexity index is 819. The summed E-state index contributed by atoms with van der Waals surface area (Å²) in [7, 11) is 0. The van der Waals surface area contributed by atoms with Crippen LogP contribution >= 0.6 is 11.3 Å². The number of hydrazone groups is 1. The van der Waals surface area contributed by atoms with Crippen LogP contribution < -0.4 is 5.43 Å². The Hall–Kier alpha value is -2.46. The molecule has 1 aromatic heterocycles. The molecule has 0 spiro atoms. The molecular formula is C19H17N3S. The number of benzene rings is 2. The fourth-order valence-electron chi connectivity index (χ4n) is 2.54. The summed E-state index contributed by atoms with van der Waals surface area (Å²) in [5, 5.41) is 7.16. The predicted molar refractivity (Wildman–Crippen MR) is 97.2 cm³/mol. The molecule has 1 fully saturated rings. The fraction of sp³-hybridized carbons (Fsp3) is 0.158. The zero-order valence-corrected chi connectivity index (χ0v) is 13.5. The average molecular weight is 319 g/mol. The number of nitrogens with one attached hydrogen (secondary N) is 1. The molecule has 4 rings (SSSR count). The number of thiazole rings is 1. The van der Waals surface area contributed by atoms with Crippen LogP contribution in [0.3, 0.4) is 0 Å². The van der Waals surface area contributed by atoms with E-state index in [2.05, 4.69) is 51.9 Å². The van der Waals surface area contributed by atoms with Crippen molar-refractivity contribution in [3.8, 4) is 11.3 Å². The Morgan fingerprint density at radius 1 is 1.09 bits per heavy atom. The molecule has 0 atom stereocenters. The molecule has 1 heterocycles. The maximum atomic E-state index is 4.56. The van der Waals surface area contributed by atoms with Crippen molar-refractivity contribution in [3.63, 3.8) is 0 Å². The molecule has 3 nitrogen and oxygen atoms in total. The number of rotatable bonds is 5. The van der Waals surface area contributed by atoms with Crippen LogP contribution in [-0.2, 0) is 0 Å². The van der Waals surface area contributed by atoms with Crippen molar-refractivity contribution in [2.24, 2.45) is 5.10 Å². The molecule has 0 aliphatic heterocycles. The Morgan fingerprint density at radius 3 is 2.78 bits per heavy atom. The maximum Gasteiger partial charge on any atom is 0.203 e. The van der Waals surface area contributed by atoms with E-state index in [1.807, 2.05) is 29.8 Å². The van der Waals surface area contributed by atoms with Gasteiger partial charge in [0.2, 0.25) is 5.13 Å². The van der Waals surface area contributed by atoms with E-state index in [-0.39, 0.29) is 0 Å². The summed E-state index contributed by atoms with van der Waals surface area (Å²) in [5.74, 6) is 0.767. The van der Waals surface area contributed by atoms with Gasteiger partial charge in [-0.25, -0.2) is 4.98 Å². The highest BCUT2D eigenvalue weighted by molar-refractivity contribution is 7.14. The second kappa shape index (κ2) is 6.34. The van der Waals surface area contributed by atoms with Gasteiger partial charge in [0.15, 0.2) is 0 Å². The van der Waals surface area contributed by atoms with Crippen LogP contribution in [0.2, 0.25) is 0 Å². The molecule has 2 aromatic carbocycles. The average Bonchev–Trinajstić information content (AvgIpc) is 3.35. The Kier molecular flexibility index (Phi) is 3.90. The third-order valence-electron chi connectivity index (χ3n) is 3.91. The Labute approximate surface area is 139 Å². The molecule has 0 unspecified atom stereocenters. The minimum atomic E-state index is 0.767. The van der Waals surface area contributed by atoms with Crippen molar-refractivity contribution in [2.45, 2.75) is 18.8 Å². The van der Waals surface area contributed by atoms with Gasteiger partial charge in [-0.3, -0.25) is 5.43 Å². The number of anilines is 1. The first-order valence-electron chi connectivity index (χ1n) is 7.78. The molecule has 0 bridgehead atoms. The summed E-state index contributed by atoms with van der Waals surface area (Å²) in [6, 6.07) is 18.8. The van der Waals surface area contributed by atoms with E-state index >= 15 is 0 Å². The van der Waals surface area contributed by atoms with Crippen molar-refractivity contribution in [1.29, 1.82) is 0 Å². The van der Waals surface area contributed by atoms with Gasteiger partial charge in [0.1, 0.15) is 0 Å². The topological polar surface area (TPSA) is 37.3 Å². The Morgan fingerprint density at radius 2 is 1.96 bits per heavy atom. The van der Waals surface area contributed by atoms with Gasteiger partial charge in [-0.05, 0) is 36.0 Å². The van der Waals surface area contributed by atoms with E-state index in [1.54, 1.807) is 11.3 Å². The van der Waals surface area contributed by atoms with Gasteiger partial charge in [-0.2, -0.15) is 5.10 Å². The monoisotopic (exact) mass is 319 g/mol. The van der Waals surface area contributed by atoms with Crippen LogP contribution in [0.15, 0.2) is 65.1 Å². The van der Waals surface area contributed by atoms with E-state index in [4.69, 9.17) is 0 Å². The van der Waals surface area contributed by atoms with Gasteiger partial charge in [-0.1, -0.05) is 48.5 Å². The standard InChI is InChI=1S/C19H17N3S/c1-2-6-16(7-3-1)18-13-23-19(21-18)22-20-12-14-5-4-8-17(11-14)15-9-10-15/h1-8,11-13,15H,9-10H2,(H,21,22). The summed E-state index contributed by atoms with van der Waals surface area (Å²) in [4.78, 5) is 4.56. The highest BCUT2D eigenvalue weighted by Gasteiger charge is 2.23.